The quantitative estimate of drug-likeness (QED) is 0.181. The van der Waals surface area contributed by atoms with Crippen LogP contribution in [0.5, 0.6) is 0 Å². The molecule has 3 aromatic rings. The number of fused-ring (bicyclic) bond motifs is 1. The Morgan fingerprint density at radius 2 is 1.10 bits per heavy atom. The number of rotatable bonds is 12. The number of benzene rings is 2. The summed E-state index contributed by atoms with van der Waals surface area (Å²) in [4.78, 5) is 57.7. The largest absolute Gasteiger partial charge is 3.00 e. The molecule has 2 heterocycles. The molecule has 4 rings (SSSR count). The summed E-state index contributed by atoms with van der Waals surface area (Å²) in [6.45, 7) is 0.236. The van der Waals surface area contributed by atoms with Crippen LogP contribution in [-0.4, -0.2) is 135 Å². The molecule has 1 radical (unpaired) electrons. The molecule has 0 aliphatic carbocycles. The first kappa shape index (κ1) is 40.1. The number of carbonyl (C=O) groups excluding carboxylic acids is 4. The number of carboxylic acids is 3. The fourth-order valence-electron chi connectivity index (χ4n) is 5.27. The number of anilines is 2. The van der Waals surface area contributed by atoms with Crippen molar-refractivity contribution in [2.45, 2.75) is 4.90 Å². The van der Waals surface area contributed by atoms with E-state index in [9.17, 15) is 42.9 Å². The topological polar surface area (TPSA) is 222 Å². The molecule has 259 valence electrons. The third kappa shape index (κ3) is 13.1. The van der Waals surface area contributed by atoms with Gasteiger partial charge in [-0.1, -0.05) is 18.2 Å². The Morgan fingerprint density at radius 3 is 1.57 bits per heavy atom. The number of nitrogens with zero attached hydrogens (tertiary/aromatic N) is 5. The molecule has 0 saturated carbocycles. The van der Waals surface area contributed by atoms with Crippen LogP contribution in [0.1, 0.15) is 0 Å². The summed E-state index contributed by atoms with van der Waals surface area (Å²) in [6.07, 6.45) is 1.57. The number of carboxylic acid groups (broad SMARTS) is 3. The normalized spacial score (nSPS) is 16.1. The van der Waals surface area contributed by atoms with Gasteiger partial charge in [-0.2, -0.15) is 0 Å². The molecule has 16 nitrogen and oxygen atoms in total. The Labute approximate surface area is 316 Å². The van der Waals surface area contributed by atoms with Gasteiger partial charge in [-0.15, -0.1) is 0 Å². The molecule has 1 aliphatic heterocycles. The van der Waals surface area contributed by atoms with E-state index in [4.69, 9.17) is 0 Å². The van der Waals surface area contributed by atoms with Crippen LogP contribution in [0.2, 0.25) is 0 Å². The van der Waals surface area contributed by atoms with Crippen LogP contribution in [0, 0.1) is 40.8 Å². The van der Waals surface area contributed by atoms with E-state index in [-0.39, 0.29) is 105 Å². The molecule has 1 fully saturated rings. The van der Waals surface area contributed by atoms with Gasteiger partial charge in [-0.25, -0.2) is 8.42 Å². The minimum Gasteiger partial charge on any atom is -0.549 e. The fourth-order valence-corrected chi connectivity index (χ4v) is 6.34. The van der Waals surface area contributed by atoms with Crippen molar-refractivity contribution < 1.29 is 83.8 Å². The average Bonchev–Trinajstić information content (AvgIpc) is 3.02. The molecule has 1 aromatic heterocycles. The first-order chi connectivity index (χ1) is 22.9. The maximum Gasteiger partial charge on any atom is 3.00 e. The number of hydrogen-bond acceptors (Lipinski definition) is 14. The minimum absolute atomic E-state index is 0. The van der Waals surface area contributed by atoms with Crippen LogP contribution in [0.15, 0.2) is 65.7 Å². The number of nitrogens with one attached hydrogen (secondary N) is 2. The predicted molar refractivity (Wildman–Crippen MR) is 168 cm³/mol. The number of carbonyl (C=O) groups is 4. The number of para-hydroxylation sites is 1. The van der Waals surface area contributed by atoms with Crippen molar-refractivity contribution in [3.05, 3.63) is 60.8 Å². The summed E-state index contributed by atoms with van der Waals surface area (Å²) in [6, 6.07) is 14.3. The number of hydrogen-bond donors (Lipinski definition) is 2. The van der Waals surface area contributed by atoms with Crippen LogP contribution in [0.25, 0.3) is 10.9 Å². The molecular formula is C31H36N7NdO9S. The number of aliphatic carboxylic acids is 3. The molecule has 2 N–H and O–H groups in total. The molecule has 18 heteroatoms. The second-order valence-corrected chi connectivity index (χ2v) is 13.0. The SMILES string of the molecule is O=C([O-])CN1CCN(CC(=O)[O-])CCN(CC(=O)Nc2ccc(S(=O)(=O)Nc3cccc4cccnc34)cc2)CCN(CC(=O)[O-])CC1.[Nd+3]. The van der Waals surface area contributed by atoms with Gasteiger partial charge in [0.1, 0.15) is 0 Å². The molecule has 2 aromatic carbocycles. The van der Waals surface area contributed by atoms with Gasteiger partial charge in [0, 0.05) is 89.3 Å². The average molecular weight is 827 g/mol. The van der Waals surface area contributed by atoms with Crippen molar-refractivity contribution in [3.63, 3.8) is 0 Å². The summed E-state index contributed by atoms with van der Waals surface area (Å²) in [5, 5.41) is 37.5. The van der Waals surface area contributed by atoms with E-state index >= 15 is 0 Å². The van der Waals surface area contributed by atoms with Crippen molar-refractivity contribution in [3.8, 4) is 0 Å². The van der Waals surface area contributed by atoms with Gasteiger partial charge in [0.05, 0.1) is 40.6 Å². The van der Waals surface area contributed by atoms with E-state index in [0.717, 1.165) is 5.39 Å². The Morgan fingerprint density at radius 1 is 0.653 bits per heavy atom. The van der Waals surface area contributed by atoms with Crippen LogP contribution < -0.4 is 25.4 Å². The van der Waals surface area contributed by atoms with Gasteiger partial charge in [0.15, 0.2) is 0 Å². The Bertz CT molecular complexity index is 1680. The number of amides is 1. The van der Waals surface area contributed by atoms with E-state index < -0.39 is 53.5 Å². The minimum atomic E-state index is -3.98. The molecule has 1 aliphatic rings. The van der Waals surface area contributed by atoms with E-state index in [0.29, 0.717) is 16.9 Å². The van der Waals surface area contributed by atoms with Crippen LogP contribution in [0.3, 0.4) is 0 Å². The van der Waals surface area contributed by atoms with Crippen molar-refractivity contribution in [2.75, 3.05) is 88.6 Å². The molecule has 0 atom stereocenters. The summed E-state index contributed by atoms with van der Waals surface area (Å²) in [5.41, 5.74) is 1.16. The molecular weight excluding hydrogens is 791 g/mol. The maximum atomic E-state index is 13.1. The van der Waals surface area contributed by atoms with Gasteiger partial charge in [0.2, 0.25) is 5.91 Å². The Kier molecular flexibility index (Phi) is 15.7. The van der Waals surface area contributed by atoms with Gasteiger partial charge in [0.25, 0.3) is 10.0 Å². The first-order valence-corrected chi connectivity index (χ1v) is 16.6. The smallest absolute Gasteiger partial charge is 0.549 e. The second kappa shape index (κ2) is 19.2. The van der Waals surface area contributed by atoms with Crippen LogP contribution >= 0.6 is 0 Å². The number of sulfonamides is 1. The summed E-state index contributed by atoms with van der Waals surface area (Å²) < 4.78 is 28.8. The zero-order chi connectivity index (χ0) is 34.7. The predicted octanol–water partition coefficient (Wildman–Crippen LogP) is -3.55. The molecule has 0 bridgehead atoms. The zero-order valence-corrected chi connectivity index (χ0v) is 30.6. The Balaban J connectivity index is 0.00000650. The van der Waals surface area contributed by atoms with Crippen molar-refractivity contribution in [2.24, 2.45) is 0 Å². The third-order valence-electron chi connectivity index (χ3n) is 7.68. The van der Waals surface area contributed by atoms with E-state index in [1.165, 1.54) is 24.3 Å². The second-order valence-electron chi connectivity index (χ2n) is 11.3. The van der Waals surface area contributed by atoms with Crippen molar-refractivity contribution in [1.29, 1.82) is 0 Å². The molecule has 1 amide bonds. The maximum absolute atomic E-state index is 13.1. The van der Waals surface area contributed by atoms with Crippen LogP contribution in [-0.2, 0) is 29.2 Å². The van der Waals surface area contributed by atoms with Gasteiger partial charge >= 0.3 is 40.8 Å². The summed E-state index contributed by atoms with van der Waals surface area (Å²) >= 11 is 0. The molecule has 0 unspecified atom stereocenters. The molecule has 49 heavy (non-hydrogen) atoms. The number of aromatic nitrogens is 1. The van der Waals surface area contributed by atoms with E-state index in [2.05, 4.69) is 15.0 Å². The first-order valence-electron chi connectivity index (χ1n) is 15.1. The van der Waals surface area contributed by atoms with Crippen molar-refractivity contribution in [1.82, 2.24) is 24.6 Å². The molecule has 0 spiro atoms. The number of pyridine rings is 1. The van der Waals surface area contributed by atoms with E-state index in [1.807, 2.05) is 12.1 Å². The molecule has 1 saturated heterocycles. The summed E-state index contributed by atoms with van der Waals surface area (Å²) in [7, 11) is -3.98. The fraction of sp³-hybridized carbons (Fsp3) is 0.387. The summed E-state index contributed by atoms with van der Waals surface area (Å²) in [5.74, 6) is -4.38. The third-order valence-corrected chi connectivity index (χ3v) is 9.06. The monoisotopic (exact) mass is 824 g/mol. The van der Waals surface area contributed by atoms with Gasteiger partial charge in [-0.3, -0.25) is 34.1 Å². The Hall–Kier alpha value is -3.33. The van der Waals surface area contributed by atoms with E-state index in [1.54, 1.807) is 44.0 Å². The standard InChI is InChI=1S/C31H39N7O9S.Nd/c39-27(33-24-6-8-25(9-7-24)48(46,47)34-26-5-1-3-23-4-2-10-32-31(23)26)19-35-11-13-36(20-28(40)41)15-17-38(22-30(44)45)18-16-37(14-12-35)21-29(42)43;/h1-10,34H,11-22H2,(H,33,39)(H,40,41)(H,42,43)(H,44,45);/q;+3/p-3. The zero-order valence-electron chi connectivity index (χ0n) is 26.6. The van der Waals surface area contributed by atoms with Gasteiger partial charge < -0.3 is 35.0 Å². The van der Waals surface area contributed by atoms with Crippen molar-refractivity contribution >= 4 is 56.1 Å². The van der Waals surface area contributed by atoms with Gasteiger partial charge in [-0.05, 0) is 36.4 Å². The van der Waals surface area contributed by atoms with Crippen LogP contribution in [0.4, 0.5) is 11.4 Å².